The lowest BCUT2D eigenvalue weighted by molar-refractivity contribution is 0.102. The minimum atomic E-state index is -0.366. The van der Waals surface area contributed by atoms with E-state index in [-0.39, 0.29) is 11.7 Å². The van der Waals surface area contributed by atoms with Gasteiger partial charge in [-0.1, -0.05) is 30.3 Å². The van der Waals surface area contributed by atoms with Crippen LogP contribution in [0.15, 0.2) is 54.6 Å². The van der Waals surface area contributed by atoms with Crippen molar-refractivity contribution in [2.75, 3.05) is 5.32 Å². The number of nitrogens with zero attached hydrogens (tertiary/aromatic N) is 2. The molecule has 122 valence electrons. The molecule has 0 bridgehead atoms. The number of rotatable bonds is 4. The van der Waals surface area contributed by atoms with Crippen LogP contribution in [0.5, 0.6) is 0 Å². The average molecular weight is 323 g/mol. The van der Waals surface area contributed by atoms with Gasteiger partial charge in [0.2, 0.25) is 0 Å². The Kier molecular flexibility index (Phi) is 4.42. The number of hydrogen-bond acceptors (Lipinski definition) is 2. The molecule has 0 radical (unpaired) electrons. The fourth-order valence-electron chi connectivity index (χ4n) is 2.58. The summed E-state index contributed by atoms with van der Waals surface area (Å²) in [4.78, 5) is 12.3. The SMILES string of the molecule is Cc1nn(Cc2ccccc2)c(C)c1NC(=O)c1ccc(F)cc1. The van der Waals surface area contributed by atoms with E-state index < -0.39 is 0 Å². The molecule has 1 N–H and O–H groups in total. The highest BCUT2D eigenvalue weighted by Crippen LogP contribution is 2.21. The van der Waals surface area contributed by atoms with E-state index in [1.807, 2.05) is 48.9 Å². The molecule has 0 aliphatic rings. The highest BCUT2D eigenvalue weighted by molar-refractivity contribution is 6.04. The first-order valence-electron chi connectivity index (χ1n) is 7.69. The number of aryl methyl sites for hydroxylation is 1. The summed E-state index contributed by atoms with van der Waals surface area (Å²) in [5, 5.41) is 7.38. The van der Waals surface area contributed by atoms with Gasteiger partial charge in [-0.05, 0) is 43.7 Å². The summed E-state index contributed by atoms with van der Waals surface area (Å²) in [5.74, 6) is -0.643. The van der Waals surface area contributed by atoms with Crippen molar-refractivity contribution in [3.8, 4) is 0 Å². The third kappa shape index (κ3) is 3.35. The summed E-state index contributed by atoms with van der Waals surface area (Å²) in [7, 11) is 0. The second-order valence-electron chi connectivity index (χ2n) is 5.65. The predicted octanol–water partition coefficient (Wildman–Crippen LogP) is 3.94. The number of anilines is 1. The summed E-state index contributed by atoms with van der Waals surface area (Å²) in [6.45, 7) is 4.41. The summed E-state index contributed by atoms with van der Waals surface area (Å²) < 4.78 is 14.8. The van der Waals surface area contributed by atoms with Crippen LogP contribution in [0, 0.1) is 19.7 Å². The van der Waals surface area contributed by atoms with Gasteiger partial charge in [0.25, 0.3) is 5.91 Å². The second-order valence-corrected chi connectivity index (χ2v) is 5.65. The number of nitrogens with one attached hydrogen (secondary N) is 1. The van der Waals surface area contributed by atoms with Gasteiger partial charge in [-0.15, -0.1) is 0 Å². The van der Waals surface area contributed by atoms with Crippen molar-refractivity contribution >= 4 is 11.6 Å². The van der Waals surface area contributed by atoms with E-state index in [1.54, 1.807) is 0 Å². The van der Waals surface area contributed by atoms with Crippen molar-refractivity contribution in [2.45, 2.75) is 20.4 Å². The van der Waals surface area contributed by atoms with Crippen molar-refractivity contribution < 1.29 is 9.18 Å². The van der Waals surface area contributed by atoms with Crippen LogP contribution in [0.4, 0.5) is 10.1 Å². The van der Waals surface area contributed by atoms with Gasteiger partial charge in [0, 0.05) is 5.56 Å². The lowest BCUT2D eigenvalue weighted by Crippen LogP contribution is -2.13. The number of amides is 1. The van der Waals surface area contributed by atoms with Crippen LogP contribution >= 0.6 is 0 Å². The zero-order valence-corrected chi connectivity index (χ0v) is 13.6. The number of carbonyl (C=O) groups is 1. The van der Waals surface area contributed by atoms with E-state index in [9.17, 15) is 9.18 Å². The maximum Gasteiger partial charge on any atom is 0.255 e. The van der Waals surface area contributed by atoms with Gasteiger partial charge in [-0.2, -0.15) is 5.10 Å². The highest BCUT2D eigenvalue weighted by atomic mass is 19.1. The van der Waals surface area contributed by atoms with E-state index in [0.717, 1.165) is 17.0 Å². The number of hydrogen-bond donors (Lipinski definition) is 1. The first-order chi connectivity index (χ1) is 11.5. The van der Waals surface area contributed by atoms with Crippen molar-refractivity contribution in [1.29, 1.82) is 0 Å². The Hall–Kier alpha value is -2.95. The van der Waals surface area contributed by atoms with Gasteiger partial charge in [0.05, 0.1) is 23.6 Å². The monoisotopic (exact) mass is 323 g/mol. The molecular weight excluding hydrogens is 305 g/mol. The summed E-state index contributed by atoms with van der Waals surface area (Å²) in [6, 6.07) is 15.5. The lowest BCUT2D eigenvalue weighted by Gasteiger charge is -2.07. The normalized spacial score (nSPS) is 10.6. The van der Waals surface area contributed by atoms with Gasteiger partial charge in [-0.25, -0.2) is 4.39 Å². The van der Waals surface area contributed by atoms with Crippen LogP contribution < -0.4 is 5.32 Å². The van der Waals surface area contributed by atoms with Gasteiger partial charge in [0.15, 0.2) is 0 Å². The molecule has 0 unspecified atom stereocenters. The Bertz CT molecular complexity index is 854. The number of aromatic nitrogens is 2. The molecule has 3 rings (SSSR count). The van der Waals surface area contributed by atoms with Gasteiger partial charge < -0.3 is 5.32 Å². The second kappa shape index (κ2) is 6.66. The van der Waals surface area contributed by atoms with Crippen molar-refractivity contribution in [3.63, 3.8) is 0 Å². The Morgan fingerprint density at radius 2 is 1.75 bits per heavy atom. The molecule has 5 heteroatoms. The molecule has 1 aromatic heterocycles. The van der Waals surface area contributed by atoms with E-state index in [1.165, 1.54) is 24.3 Å². The van der Waals surface area contributed by atoms with Gasteiger partial charge in [-0.3, -0.25) is 9.48 Å². The largest absolute Gasteiger partial charge is 0.319 e. The lowest BCUT2D eigenvalue weighted by atomic mass is 10.2. The molecule has 0 fully saturated rings. The third-order valence-corrected chi connectivity index (χ3v) is 3.90. The van der Waals surface area contributed by atoms with E-state index in [2.05, 4.69) is 10.4 Å². The molecule has 3 aromatic rings. The molecule has 4 nitrogen and oxygen atoms in total. The molecule has 0 aliphatic carbocycles. The Morgan fingerprint density at radius 3 is 2.42 bits per heavy atom. The van der Waals surface area contributed by atoms with E-state index in [4.69, 9.17) is 0 Å². The van der Waals surface area contributed by atoms with Crippen LogP contribution in [-0.4, -0.2) is 15.7 Å². The summed E-state index contributed by atoms with van der Waals surface area (Å²) in [6.07, 6.45) is 0. The molecule has 0 aliphatic heterocycles. The Morgan fingerprint density at radius 1 is 1.08 bits per heavy atom. The smallest absolute Gasteiger partial charge is 0.255 e. The van der Waals surface area contributed by atoms with Crippen LogP contribution in [0.25, 0.3) is 0 Å². The minimum absolute atomic E-state index is 0.277. The zero-order valence-electron chi connectivity index (χ0n) is 13.6. The first-order valence-corrected chi connectivity index (χ1v) is 7.69. The van der Waals surface area contributed by atoms with Crippen molar-refractivity contribution in [1.82, 2.24) is 9.78 Å². The Labute approximate surface area is 139 Å². The molecule has 0 saturated carbocycles. The molecular formula is C19H18FN3O. The number of carbonyl (C=O) groups excluding carboxylic acids is 1. The maximum absolute atomic E-state index is 13.0. The van der Waals surface area contributed by atoms with E-state index in [0.29, 0.717) is 17.8 Å². The summed E-state index contributed by atoms with van der Waals surface area (Å²) in [5.41, 5.74) is 3.87. The Balaban J connectivity index is 1.81. The standard InChI is InChI=1S/C19H18FN3O/c1-13-18(21-19(24)16-8-10-17(20)11-9-16)14(2)23(22-13)12-15-6-4-3-5-7-15/h3-11H,12H2,1-2H3,(H,21,24). The minimum Gasteiger partial charge on any atom is -0.319 e. The highest BCUT2D eigenvalue weighted by Gasteiger charge is 2.15. The predicted molar refractivity (Wildman–Crippen MR) is 91.6 cm³/mol. The van der Waals surface area contributed by atoms with Crippen molar-refractivity contribution in [3.05, 3.63) is 82.9 Å². The van der Waals surface area contributed by atoms with Gasteiger partial charge in [0.1, 0.15) is 5.82 Å². The third-order valence-electron chi connectivity index (χ3n) is 3.90. The average Bonchev–Trinajstić information content (AvgIpc) is 2.84. The fourth-order valence-corrected chi connectivity index (χ4v) is 2.58. The summed E-state index contributed by atoms with van der Waals surface area (Å²) >= 11 is 0. The van der Waals surface area contributed by atoms with Crippen LogP contribution in [0.2, 0.25) is 0 Å². The zero-order chi connectivity index (χ0) is 17.1. The van der Waals surface area contributed by atoms with Gasteiger partial charge >= 0.3 is 0 Å². The van der Waals surface area contributed by atoms with E-state index >= 15 is 0 Å². The molecule has 0 spiro atoms. The van der Waals surface area contributed by atoms with Crippen LogP contribution in [0.3, 0.4) is 0 Å². The number of benzene rings is 2. The molecule has 0 atom stereocenters. The maximum atomic E-state index is 13.0. The fraction of sp³-hybridized carbons (Fsp3) is 0.158. The molecule has 1 heterocycles. The molecule has 0 saturated heterocycles. The molecule has 2 aromatic carbocycles. The quantitative estimate of drug-likeness (QED) is 0.790. The number of halogens is 1. The van der Waals surface area contributed by atoms with Crippen molar-refractivity contribution in [2.24, 2.45) is 0 Å². The van der Waals surface area contributed by atoms with Crippen LogP contribution in [-0.2, 0) is 6.54 Å². The topological polar surface area (TPSA) is 46.9 Å². The molecule has 24 heavy (non-hydrogen) atoms. The first kappa shape index (κ1) is 15.9. The van der Waals surface area contributed by atoms with Crippen LogP contribution in [0.1, 0.15) is 27.3 Å². The molecule has 1 amide bonds.